The van der Waals surface area contributed by atoms with Crippen molar-refractivity contribution in [3.05, 3.63) is 40.3 Å². The Morgan fingerprint density at radius 3 is 2.48 bits per heavy atom. The van der Waals surface area contributed by atoms with E-state index in [0.717, 1.165) is 32.1 Å². The number of hydrogen-bond donors (Lipinski definition) is 1. The number of benzene rings is 1. The molecule has 7 nitrogen and oxygen atoms in total. The topological polar surface area (TPSA) is 90.3 Å². The van der Waals surface area contributed by atoms with Crippen LogP contribution < -0.4 is 10.9 Å². The van der Waals surface area contributed by atoms with Crippen LogP contribution in [-0.4, -0.2) is 34.8 Å². The number of ether oxygens (including phenoxy) is 1. The standard InChI is InChI=1S/C20H27N3O4/c1-3-5-9-13-23-19(25)16-11-8-7-10-15(16)18(22-23)20(26)27-14-17(24)21-12-6-4-2/h7-8,10-11H,3-6,9,12-14H2,1-2H3,(H,21,24). The maximum atomic E-state index is 12.6. The molecule has 0 radical (unpaired) electrons. The quantitative estimate of drug-likeness (QED) is 0.511. The molecule has 0 fully saturated rings. The molecule has 2 aromatic rings. The van der Waals surface area contributed by atoms with E-state index in [1.807, 2.05) is 6.92 Å². The second-order valence-electron chi connectivity index (χ2n) is 6.41. The van der Waals surface area contributed by atoms with Crippen molar-refractivity contribution in [3.63, 3.8) is 0 Å². The molecular formula is C20H27N3O4. The van der Waals surface area contributed by atoms with Gasteiger partial charge in [0.15, 0.2) is 12.3 Å². The summed E-state index contributed by atoms with van der Waals surface area (Å²) in [6.45, 7) is 4.72. The number of fused-ring (bicyclic) bond motifs is 1. The summed E-state index contributed by atoms with van der Waals surface area (Å²) in [5, 5.41) is 7.77. The zero-order valence-corrected chi connectivity index (χ0v) is 16.0. The number of rotatable bonds is 10. The number of amides is 1. The first-order chi connectivity index (χ1) is 13.1. The van der Waals surface area contributed by atoms with Gasteiger partial charge in [0, 0.05) is 18.5 Å². The average Bonchev–Trinajstić information content (AvgIpc) is 2.68. The number of aromatic nitrogens is 2. The molecule has 0 spiro atoms. The minimum atomic E-state index is -0.707. The summed E-state index contributed by atoms with van der Waals surface area (Å²) in [6, 6.07) is 6.82. The van der Waals surface area contributed by atoms with Crippen molar-refractivity contribution in [3.8, 4) is 0 Å². The van der Waals surface area contributed by atoms with Crippen molar-refractivity contribution in [2.45, 2.75) is 52.5 Å². The van der Waals surface area contributed by atoms with Crippen LogP contribution in [0.15, 0.2) is 29.1 Å². The molecule has 2 rings (SSSR count). The molecular weight excluding hydrogens is 346 g/mol. The molecule has 0 bridgehead atoms. The van der Waals surface area contributed by atoms with E-state index in [-0.39, 0.29) is 23.8 Å². The molecule has 1 aromatic heterocycles. The lowest BCUT2D eigenvalue weighted by atomic mass is 10.1. The maximum absolute atomic E-state index is 12.6. The van der Waals surface area contributed by atoms with Crippen molar-refractivity contribution in [2.24, 2.45) is 0 Å². The number of nitrogens with one attached hydrogen (secondary N) is 1. The smallest absolute Gasteiger partial charge is 0.359 e. The van der Waals surface area contributed by atoms with E-state index in [0.29, 0.717) is 23.9 Å². The van der Waals surface area contributed by atoms with Gasteiger partial charge < -0.3 is 10.1 Å². The summed E-state index contributed by atoms with van der Waals surface area (Å²) < 4.78 is 6.44. The van der Waals surface area contributed by atoms with Gasteiger partial charge in [-0.25, -0.2) is 9.48 Å². The summed E-state index contributed by atoms with van der Waals surface area (Å²) in [7, 11) is 0. The highest BCUT2D eigenvalue weighted by atomic mass is 16.5. The lowest BCUT2D eigenvalue weighted by Gasteiger charge is -2.11. The van der Waals surface area contributed by atoms with Crippen LogP contribution in [0.3, 0.4) is 0 Å². The van der Waals surface area contributed by atoms with E-state index in [9.17, 15) is 14.4 Å². The molecule has 146 valence electrons. The van der Waals surface area contributed by atoms with Gasteiger partial charge in [0.05, 0.1) is 5.39 Å². The third-order valence-corrected chi connectivity index (χ3v) is 4.22. The molecule has 0 saturated heterocycles. The van der Waals surface area contributed by atoms with Gasteiger partial charge in [0.1, 0.15) is 0 Å². The number of unbranched alkanes of at least 4 members (excludes halogenated alkanes) is 3. The number of esters is 1. The minimum Gasteiger partial charge on any atom is -0.451 e. The Hall–Kier alpha value is -2.70. The summed E-state index contributed by atoms with van der Waals surface area (Å²) in [4.78, 5) is 36.8. The Morgan fingerprint density at radius 2 is 1.78 bits per heavy atom. The van der Waals surface area contributed by atoms with Gasteiger partial charge in [0.25, 0.3) is 11.5 Å². The third kappa shape index (κ3) is 5.64. The Morgan fingerprint density at radius 1 is 1.07 bits per heavy atom. The molecule has 1 amide bonds. The van der Waals surface area contributed by atoms with Gasteiger partial charge in [-0.1, -0.05) is 51.3 Å². The fourth-order valence-electron chi connectivity index (χ4n) is 2.70. The number of carbonyl (C=O) groups is 2. The lowest BCUT2D eigenvalue weighted by Crippen LogP contribution is -2.31. The number of hydrogen-bond acceptors (Lipinski definition) is 5. The molecule has 0 aliphatic rings. The van der Waals surface area contributed by atoms with Crippen LogP contribution in [-0.2, 0) is 16.1 Å². The summed E-state index contributed by atoms with van der Waals surface area (Å²) in [5.74, 6) is -1.06. The largest absolute Gasteiger partial charge is 0.451 e. The lowest BCUT2D eigenvalue weighted by molar-refractivity contribution is -0.124. The zero-order chi connectivity index (χ0) is 19.6. The minimum absolute atomic E-state index is 0.0584. The van der Waals surface area contributed by atoms with E-state index >= 15 is 0 Å². The van der Waals surface area contributed by atoms with Crippen LogP contribution in [0, 0.1) is 0 Å². The van der Waals surface area contributed by atoms with Crippen molar-refractivity contribution in [1.29, 1.82) is 0 Å². The van der Waals surface area contributed by atoms with Crippen LogP contribution in [0.25, 0.3) is 10.8 Å². The Labute approximate surface area is 158 Å². The monoisotopic (exact) mass is 373 g/mol. The zero-order valence-electron chi connectivity index (χ0n) is 16.0. The summed E-state index contributed by atoms with van der Waals surface area (Å²) in [6.07, 6.45) is 4.63. The second kappa shape index (κ2) is 10.4. The van der Waals surface area contributed by atoms with Crippen LogP contribution >= 0.6 is 0 Å². The van der Waals surface area contributed by atoms with E-state index < -0.39 is 5.97 Å². The van der Waals surface area contributed by atoms with Gasteiger partial charge in [-0.15, -0.1) is 0 Å². The highest BCUT2D eigenvalue weighted by Crippen LogP contribution is 2.14. The van der Waals surface area contributed by atoms with Gasteiger partial charge in [-0.2, -0.15) is 5.10 Å². The predicted octanol–water partition coefficient (Wildman–Crippen LogP) is 2.66. The van der Waals surface area contributed by atoms with Crippen molar-refractivity contribution in [2.75, 3.05) is 13.2 Å². The van der Waals surface area contributed by atoms with E-state index in [1.165, 1.54) is 4.68 Å². The summed E-state index contributed by atoms with van der Waals surface area (Å²) in [5.41, 5.74) is -0.168. The Kier molecular flexibility index (Phi) is 7.98. The predicted molar refractivity (Wildman–Crippen MR) is 104 cm³/mol. The van der Waals surface area contributed by atoms with Crippen LogP contribution in [0.4, 0.5) is 0 Å². The van der Waals surface area contributed by atoms with Gasteiger partial charge in [-0.3, -0.25) is 9.59 Å². The molecule has 0 saturated carbocycles. The van der Waals surface area contributed by atoms with Crippen LogP contribution in [0.2, 0.25) is 0 Å². The number of carbonyl (C=O) groups excluding carboxylic acids is 2. The van der Waals surface area contributed by atoms with Crippen LogP contribution in [0.1, 0.15) is 56.4 Å². The van der Waals surface area contributed by atoms with Gasteiger partial charge in [0.2, 0.25) is 0 Å². The highest BCUT2D eigenvalue weighted by Gasteiger charge is 2.18. The van der Waals surface area contributed by atoms with Gasteiger partial charge in [-0.05, 0) is 18.9 Å². The Bertz CT molecular complexity index is 845. The molecule has 0 aliphatic carbocycles. The molecule has 1 heterocycles. The second-order valence-corrected chi connectivity index (χ2v) is 6.41. The van der Waals surface area contributed by atoms with Crippen molar-refractivity contribution in [1.82, 2.24) is 15.1 Å². The van der Waals surface area contributed by atoms with E-state index in [1.54, 1.807) is 24.3 Å². The molecule has 0 unspecified atom stereocenters. The molecule has 1 aromatic carbocycles. The number of aryl methyl sites for hydroxylation is 1. The normalized spacial score (nSPS) is 10.7. The number of nitrogens with zero attached hydrogens (tertiary/aromatic N) is 2. The van der Waals surface area contributed by atoms with Crippen molar-refractivity contribution < 1.29 is 14.3 Å². The maximum Gasteiger partial charge on any atom is 0.359 e. The van der Waals surface area contributed by atoms with Crippen molar-refractivity contribution >= 4 is 22.6 Å². The fraction of sp³-hybridized carbons (Fsp3) is 0.500. The van der Waals surface area contributed by atoms with E-state index in [2.05, 4.69) is 17.3 Å². The summed E-state index contributed by atoms with van der Waals surface area (Å²) >= 11 is 0. The highest BCUT2D eigenvalue weighted by molar-refractivity contribution is 6.02. The third-order valence-electron chi connectivity index (χ3n) is 4.22. The van der Waals surface area contributed by atoms with Gasteiger partial charge >= 0.3 is 5.97 Å². The molecule has 1 N–H and O–H groups in total. The Balaban J connectivity index is 2.20. The SMILES string of the molecule is CCCCCn1nc(C(=O)OCC(=O)NCCCC)c2ccccc2c1=O. The fourth-order valence-corrected chi connectivity index (χ4v) is 2.70. The molecule has 27 heavy (non-hydrogen) atoms. The molecule has 0 aliphatic heterocycles. The first-order valence-electron chi connectivity index (χ1n) is 9.52. The van der Waals surface area contributed by atoms with E-state index in [4.69, 9.17) is 4.74 Å². The molecule has 0 atom stereocenters. The first-order valence-corrected chi connectivity index (χ1v) is 9.52. The van der Waals surface area contributed by atoms with Crippen LogP contribution in [0.5, 0.6) is 0 Å². The average molecular weight is 373 g/mol. The first kappa shape index (κ1) is 20.6. The molecule has 7 heteroatoms.